The highest BCUT2D eigenvalue weighted by Crippen LogP contribution is 2.41. The van der Waals surface area contributed by atoms with Crippen LogP contribution in [0.4, 0.5) is 0 Å². The maximum absolute atomic E-state index is 12.3. The van der Waals surface area contributed by atoms with Crippen molar-refractivity contribution in [1.29, 1.82) is 0 Å². The summed E-state index contributed by atoms with van der Waals surface area (Å²) in [6.07, 6.45) is 42.6. The first kappa shape index (κ1) is 51.3. The number of carbonyl (C=O) groups is 1. The third-order valence-electron chi connectivity index (χ3n) is 12.2. The molecule has 1 aliphatic carbocycles. The number of aliphatic hydroxyl groups excluding tert-OH is 2. The summed E-state index contributed by atoms with van der Waals surface area (Å²) in [6.45, 7) is 10.8. The fourth-order valence-corrected chi connectivity index (χ4v) is 8.30. The quantitative estimate of drug-likeness (QED) is 0.0366. The van der Waals surface area contributed by atoms with Crippen molar-refractivity contribution in [3.63, 3.8) is 0 Å². The zero-order valence-electron chi connectivity index (χ0n) is 36.7. The largest absolute Gasteiger partial charge is 0.466 e. The normalized spacial score (nSPS) is 14.6. The summed E-state index contributed by atoms with van der Waals surface area (Å²) in [6, 6.07) is 0. The van der Waals surface area contributed by atoms with Crippen LogP contribution in [0.5, 0.6) is 0 Å². The van der Waals surface area contributed by atoms with Gasteiger partial charge in [-0.25, -0.2) is 0 Å². The lowest BCUT2D eigenvalue weighted by molar-refractivity contribution is -0.144. The first-order chi connectivity index (χ1) is 26.5. The topological polar surface area (TPSA) is 79.2 Å². The van der Waals surface area contributed by atoms with Crippen LogP contribution in [0, 0.1) is 5.41 Å². The van der Waals surface area contributed by atoms with E-state index in [1.807, 2.05) is 0 Å². The van der Waals surface area contributed by atoms with Crippen molar-refractivity contribution in [1.82, 2.24) is 4.90 Å². The highest BCUT2D eigenvalue weighted by molar-refractivity contribution is 5.69. The van der Waals surface area contributed by atoms with E-state index >= 15 is 0 Å². The van der Waals surface area contributed by atoms with Crippen LogP contribution < -0.4 is 0 Å². The van der Waals surface area contributed by atoms with Gasteiger partial charge in [0.05, 0.1) is 12.7 Å². The van der Waals surface area contributed by atoms with Crippen molar-refractivity contribution in [2.75, 3.05) is 32.8 Å². The average molecular weight is 766 g/mol. The second-order valence-electron chi connectivity index (χ2n) is 17.5. The molecule has 0 amide bonds. The van der Waals surface area contributed by atoms with Crippen LogP contribution in [0.1, 0.15) is 252 Å². The molecule has 2 N–H and O–H groups in total. The summed E-state index contributed by atoms with van der Waals surface area (Å²) < 4.78 is 11.8. The van der Waals surface area contributed by atoms with Crippen LogP contribution >= 0.6 is 0 Å². The van der Waals surface area contributed by atoms with Gasteiger partial charge in [0, 0.05) is 25.0 Å². The third kappa shape index (κ3) is 30.4. The number of ether oxygens (including phenoxy) is 2. The molecule has 1 fully saturated rings. The Balaban J connectivity index is 2.24. The highest BCUT2D eigenvalue weighted by Gasteiger charge is 2.37. The van der Waals surface area contributed by atoms with E-state index < -0.39 is 6.29 Å². The Morgan fingerprint density at radius 3 is 1.46 bits per heavy atom. The molecule has 1 aliphatic rings. The van der Waals surface area contributed by atoms with Gasteiger partial charge in [-0.1, -0.05) is 181 Å². The second-order valence-corrected chi connectivity index (χ2v) is 17.5. The zero-order chi connectivity index (χ0) is 39.2. The van der Waals surface area contributed by atoms with E-state index in [0.29, 0.717) is 19.6 Å². The van der Waals surface area contributed by atoms with Crippen LogP contribution in [-0.2, 0) is 14.3 Å². The maximum Gasteiger partial charge on any atom is 0.305 e. The summed E-state index contributed by atoms with van der Waals surface area (Å²) in [5, 5.41) is 20.9. The van der Waals surface area contributed by atoms with E-state index in [9.17, 15) is 15.0 Å². The Bertz CT molecular complexity index is 768. The Kier molecular flexibility index (Phi) is 36.0. The average Bonchev–Trinajstić information content (AvgIpc) is 3.15. The summed E-state index contributed by atoms with van der Waals surface area (Å²) in [5.74, 6) is -0.0274. The second kappa shape index (κ2) is 37.9. The SMILES string of the molecule is CCCCCCCCCCCOC(=O)CCCCCN(CCCCCCCC(O)OC(CCCCCCCC)CCCCCCCC)CC1(CO)CCC1. The molecular weight excluding hydrogens is 671 g/mol. The molecule has 54 heavy (non-hydrogen) atoms. The molecule has 0 aromatic heterocycles. The van der Waals surface area contributed by atoms with Gasteiger partial charge in [-0.2, -0.15) is 0 Å². The van der Waals surface area contributed by atoms with E-state index in [1.54, 1.807) is 0 Å². The van der Waals surface area contributed by atoms with E-state index in [0.717, 1.165) is 90.3 Å². The van der Waals surface area contributed by atoms with Crippen LogP contribution in [0.2, 0.25) is 0 Å². The summed E-state index contributed by atoms with van der Waals surface area (Å²) >= 11 is 0. The Hall–Kier alpha value is -0.690. The van der Waals surface area contributed by atoms with Crippen molar-refractivity contribution in [3.05, 3.63) is 0 Å². The molecule has 0 aliphatic heterocycles. The van der Waals surface area contributed by atoms with Crippen molar-refractivity contribution in [2.24, 2.45) is 5.41 Å². The molecule has 1 saturated carbocycles. The molecule has 0 radical (unpaired) electrons. The molecular formula is C48H95NO5. The number of nitrogens with zero attached hydrogens (tertiary/aromatic N) is 1. The minimum atomic E-state index is -0.621. The van der Waals surface area contributed by atoms with Gasteiger partial charge in [0.1, 0.15) is 0 Å². The van der Waals surface area contributed by atoms with Crippen LogP contribution in [0.25, 0.3) is 0 Å². The predicted octanol–water partition coefficient (Wildman–Crippen LogP) is 13.6. The lowest BCUT2D eigenvalue weighted by Gasteiger charge is -2.44. The van der Waals surface area contributed by atoms with Gasteiger partial charge >= 0.3 is 5.97 Å². The first-order valence-electron chi connectivity index (χ1n) is 24.3. The smallest absolute Gasteiger partial charge is 0.305 e. The Morgan fingerprint density at radius 2 is 1.00 bits per heavy atom. The molecule has 0 aromatic rings. The number of hydrogen-bond acceptors (Lipinski definition) is 6. The fraction of sp³-hybridized carbons (Fsp3) is 0.979. The van der Waals surface area contributed by atoms with Gasteiger partial charge < -0.3 is 24.6 Å². The van der Waals surface area contributed by atoms with Crippen LogP contribution in [0.15, 0.2) is 0 Å². The van der Waals surface area contributed by atoms with Gasteiger partial charge in [0.15, 0.2) is 6.29 Å². The monoisotopic (exact) mass is 766 g/mol. The molecule has 1 unspecified atom stereocenters. The molecule has 0 spiro atoms. The van der Waals surface area contributed by atoms with Crippen molar-refractivity contribution in [3.8, 4) is 0 Å². The number of carbonyl (C=O) groups excluding carboxylic acids is 1. The van der Waals surface area contributed by atoms with Gasteiger partial charge in [0.25, 0.3) is 0 Å². The molecule has 322 valence electrons. The molecule has 6 nitrogen and oxygen atoms in total. The first-order valence-corrected chi connectivity index (χ1v) is 24.3. The molecule has 0 heterocycles. The van der Waals surface area contributed by atoms with Gasteiger partial charge in [-0.3, -0.25) is 4.79 Å². The number of unbranched alkanes of at least 4 members (excludes halogenated alkanes) is 24. The fourth-order valence-electron chi connectivity index (χ4n) is 8.30. The van der Waals surface area contributed by atoms with E-state index in [-0.39, 0.29) is 17.5 Å². The molecule has 0 saturated heterocycles. The minimum absolute atomic E-state index is 0.0274. The van der Waals surface area contributed by atoms with Gasteiger partial charge in [0.2, 0.25) is 0 Å². The maximum atomic E-state index is 12.3. The molecule has 1 atom stereocenters. The number of aliphatic hydroxyl groups is 2. The van der Waals surface area contributed by atoms with Crippen LogP contribution in [0.3, 0.4) is 0 Å². The van der Waals surface area contributed by atoms with E-state index in [1.165, 1.54) is 154 Å². The minimum Gasteiger partial charge on any atom is -0.466 e. The number of rotatable bonds is 43. The summed E-state index contributed by atoms with van der Waals surface area (Å²) in [4.78, 5) is 14.9. The standard InChI is InChI=1S/C48H95NO5/c1-4-7-10-13-16-17-18-24-32-42-53-46(51)36-29-25-31-41-49(43-48(44-50)38-33-39-48)40-30-23-19-22-28-37-47(52)54-45(34-26-20-14-11-8-5-2)35-27-21-15-12-9-6-3/h45,47,50,52H,4-44H2,1-3H3. The molecule has 0 bridgehead atoms. The summed E-state index contributed by atoms with van der Waals surface area (Å²) in [7, 11) is 0. The van der Waals surface area contributed by atoms with E-state index in [4.69, 9.17) is 9.47 Å². The Morgan fingerprint density at radius 1 is 0.574 bits per heavy atom. The van der Waals surface area contributed by atoms with Crippen molar-refractivity contribution < 1.29 is 24.5 Å². The molecule has 1 rings (SSSR count). The lowest BCUT2D eigenvalue weighted by atomic mass is 9.69. The molecule has 6 heteroatoms. The number of esters is 1. The van der Waals surface area contributed by atoms with Crippen molar-refractivity contribution in [2.45, 2.75) is 264 Å². The molecule has 0 aromatic carbocycles. The van der Waals surface area contributed by atoms with E-state index in [2.05, 4.69) is 25.7 Å². The van der Waals surface area contributed by atoms with Crippen LogP contribution in [-0.4, -0.2) is 66.3 Å². The van der Waals surface area contributed by atoms with Gasteiger partial charge in [-0.05, 0) is 77.3 Å². The zero-order valence-corrected chi connectivity index (χ0v) is 36.7. The van der Waals surface area contributed by atoms with Crippen molar-refractivity contribution >= 4 is 5.97 Å². The summed E-state index contributed by atoms with van der Waals surface area (Å²) in [5.41, 5.74) is 0.108. The third-order valence-corrected chi connectivity index (χ3v) is 12.2. The predicted molar refractivity (Wildman–Crippen MR) is 231 cm³/mol. The Labute approximate surface area is 337 Å². The highest BCUT2D eigenvalue weighted by atomic mass is 16.6. The lowest BCUT2D eigenvalue weighted by Crippen LogP contribution is -2.45. The number of hydrogen-bond donors (Lipinski definition) is 2. The van der Waals surface area contributed by atoms with Gasteiger partial charge in [-0.15, -0.1) is 0 Å².